The lowest BCUT2D eigenvalue weighted by Gasteiger charge is -2.32. The Morgan fingerprint density at radius 2 is 2.12 bits per heavy atom. The predicted molar refractivity (Wildman–Crippen MR) is 64.8 cm³/mol. The van der Waals surface area contributed by atoms with Gasteiger partial charge in [0.05, 0.1) is 6.42 Å². The molecule has 0 aliphatic heterocycles. The van der Waals surface area contributed by atoms with Crippen molar-refractivity contribution < 1.29 is 14.7 Å². The van der Waals surface area contributed by atoms with E-state index in [4.69, 9.17) is 5.11 Å². The van der Waals surface area contributed by atoms with Gasteiger partial charge in [-0.2, -0.15) is 0 Å². The Labute approximate surface area is 102 Å². The predicted octanol–water partition coefficient (Wildman–Crippen LogP) is 1.68. The van der Waals surface area contributed by atoms with E-state index < -0.39 is 5.97 Å². The van der Waals surface area contributed by atoms with Gasteiger partial charge in [0.15, 0.2) is 0 Å². The van der Waals surface area contributed by atoms with E-state index in [1.807, 2.05) is 6.92 Å². The maximum absolute atomic E-state index is 11.9. The molecule has 0 aromatic rings. The second kappa shape index (κ2) is 6.47. The number of nitrogens with zero attached hydrogens (tertiary/aromatic N) is 1. The number of carboxylic acids is 1. The number of carbonyl (C=O) groups is 2. The second-order valence-corrected chi connectivity index (χ2v) is 4.78. The average molecular weight is 242 g/mol. The zero-order valence-corrected chi connectivity index (χ0v) is 10.6. The maximum Gasteiger partial charge on any atom is 0.317 e. The number of rotatable bonds is 6. The number of urea groups is 1. The zero-order chi connectivity index (χ0) is 12.8. The van der Waals surface area contributed by atoms with Crippen LogP contribution in [-0.4, -0.2) is 41.1 Å². The molecule has 5 nitrogen and oxygen atoms in total. The van der Waals surface area contributed by atoms with Crippen molar-refractivity contribution in [2.75, 3.05) is 13.1 Å². The molecule has 17 heavy (non-hydrogen) atoms. The van der Waals surface area contributed by atoms with Gasteiger partial charge in [0, 0.05) is 19.1 Å². The van der Waals surface area contributed by atoms with Gasteiger partial charge in [0.2, 0.25) is 0 Å². The molecule has 0 radical (unpaired) electrons. The molecule has 1 saturated carbocycles. The van der Waals surface area contributed by atoms with E-state index in [0.717, 1.165) is 6.54 Å². The van der Waals surface area contributed by atoms with Crippen LogP contribution in [0.15, 0.2) is 0 Å². The van der Waals surface area contributed by atoms with Gasteiger partial charge in [-0.3, -0.25) is 4.79 Å². The first-order valence-electron chi connectivity index (χ1n) is 6.30. The summed E-state index contributed by atoms with van der Waals surface area (Å²) in [6, 6.07) is -0.469. The molecule has 0 spiro atoms. The van der Waals surface area contributed by atoms with Gasteiger partial charge in [0.1, 0.15) is 0 Å². The van der Waals surface area contributed by atoms with Crippen molar-refractivity contribution >= 4 is 12.0 Å². The largest absolute Gasteiger partial charge is 0.481 e. The van der Waals surface area contributed by atoms with Crippen LogP contribution in [0.4, 0.5) is 4.79 Å². The lowest BCUT2D eigenvalue weighted by atomic mass is 9.85. The van der Waals surface area contributed by atoms with E-state index in [-0.39, 0.29) is 18.5 Å². The van der Waals surface area contributed by atoms with Crippen molar-refractivity contribution in [1.82, 2.24) is 10.2 Å². The van der Waals surface area contributed by atoms with Crippen LogP contribution in [0.25, 0.3) is 0 Å². The van der Waals surface area contributed by atoms with Crippen LogP contribution < -0.4 is 5.32 Å². The summed E-state index contributed by atoms with van der Waals surface area (Å²) in [5.41, 5.74) is 0. The standard InChI is InChI=1S/C12H22N2O3/c1-3-14(8-10-5-4-6-10)12(17)13-9(2)7-11(15)16/h9-10H,3-8H2,1-2H3,(H,13,17)(H,15,16). The number of amides is 2. The number of carboxylic acid groups (broad SMARTS) is 1. The highest BCUT2D eigenvalue weighted by molar-refractivity contribution is 5.75. The number of nitrogens with one attached hydrogen (secondary N) is 1. The van der Waals surface area contributed by atoms with Crippen molar-refractivity contribution in [3.8, 4) is 0 Å². The molecule has 0 heterocycles. The van der Waals surface area contributed by atoms with E-state index >= 15 is 0 Å². The van der Waals surface area contributed by atoms with Crippen LogP contribution in [0.5, 0.6) is 0 Å². The van der Waals surface area contributed by atoms with E-state index in [9.17, 15) is 9.59 Å². The van der Waals surface area contributed by atoms with Crippen LogP contribution in [0.1, 0.15) is 39.5 Å². The molecule has 0 aromatic heterocycles. The first-order valence-corrected chi connectivity index (χ1v) is 6.30. The third-order valence-electron chi connectivity index (χ3n) is 3.22. The lowest BCUT2D eigenvalue weighted by Crippen LogP contribution is -2.46. The van der Waals surface area contributed by atoms with Crippen LogP contribution in [0.3, 0.4) is 0 Å². The Morgan fingerprint density at radius 1 is 1.47 bits per heavy atom. The van der Waals surface area contributed by atoms with Crippen LogP contribution in [-0.2, 0) is 4.79 Å². The SMILES string of the molecule is CCN(CC1CCC1)C(=O)NC(C)CC(=O)O. The zero-order valence-electron chi connectivity index (χ0n) is 10.6. The van der Waals surface area contributed by atoms with E-state index in [2.05, 4.69) is 5.32 Å². The van der Waals surface area contributed by atoms with Crippen molar-refractivity contribution in [2.24, 2.45) is 5.92 Å². The van der Waals surface area contributed by atoms with E-state index in [1.165, 1.54) is 19.3 Å². The molecule has 2 N–H and O–H groups in total. The summed E-state index contributed by atoms with van der Waals surface area (Å²) in [6.07, 6.45) is 3.63. The van der Waals surface area contributed by atoms with Crippen molar-refractivity contribution in [3.05, 3.63) is 0 Å². The monoisotopic (exact) mass is 242 g/mol. The molecule has 2 amide bonds. The minimum Gasteiger partial charge on any atom is -0.481 e. The number of hydrogen-bond acceptors (Lipinski definition) is 2. The molecule has 98 valence electrons. The highest BCUT2D eigenvalue weighted by Crippen LogP contribution is 2.26. The molecule has 1 unspecified atom stereocenters. The lowest BCUT2D eigenvalue weighted by molar-refractivity contribution is -0.137. The molecule has 0 saturated heterocycles. The highest BCUT2D eigenvalue weighted by atomic mass is 16.4. The topological polar surface area (TPSA) is 69.6 Å². The Balaban J connectivity index is 2.34. The normalized spacial score (nSPS) is 17.1. The third-order valence-corrected chi connectivity index (χ3v) is 3.22. The Bertz CT molecular complexity index is 277. The first-order chi connectivity index (χ1) is 8.02. The van der Waals surface area contributed by atoms with Gasteiger partial charge in [-0.15, -0.1) is 0 Å². The molecule has 1 fully saturated rings. The Kier molecular flexibility index (Phi) is 5.25. The maximum atomic E-state index is 11.9. The van der Waals surface area contributed by atoms with Crippen molar-refractivity contribution in [2.45, 2.75) is 45.6 Å². The molecule has 1 atom stereocenters. The van der Waals surface area contributed by atoms with Crippen LogP contribution in [0, 0.1) is 5.92 Å². The van der Waals surface area contributed by atoms with Crippen molar-refractivity contribution in [3.63, 3.8) is 0 Å². The number of hydrogen-bond donors (Lipinski definition) is 2. The minimum absolute atomic E-state index is 0.0350. The Hall–Kier alpha value is -1.26. The summed E-state index contributed by atoms with van der Waals surface area (Å²) >= 11 is 0. The summed E-state index contributed by atoms with van der Waals surface area (Å²) in [4.78, 5) is 24.1. The molecule has 1 rings (SSSR count). The van der Waals surface area contributed by atoms with Crippen molar-refractivity contribution in [1.29, 1.82) is 0 Å². The average Bonchev–Trinajstić information content (AvgIpc) is 2.14. The minimum atomic E-state index is -0.889. The fraction of sp³-hybridized carbons (Fsp3) is 0.833. The summed E-state index contributed by atoms with van der Waals surface area (Å²) in [5, 5.41) is 11.3. The van der Waals surface area contributed by atoms with Gasteiger partial charge in [-0.25, -0.2) is 4.79 Å². The van der Waals surface area contributed by atoms with E-state index in [0.29, 0.717) is 12.5 Å². The number of carbonyl (C=O) groups excluding carboxylic acids is 1. The summed E-state index contributed by atoms with van der Waals surface area (Å²) in [6.45, 7) is 5.12. The van der Waals surface area contributed by atoms with E-state index in [1.54, 1.807) is 11.8 Å². The smallest absolute Gasteiger partial charge is 0.317 e. The summed E-state index contributed by atoms with van der Waals surface area (Å²) < 4.78 is 0. The van der Waals surface area contributed by atoms with Gasteiger partial charge >= 0.3 is 12.0 Å². The quantitative estimate of drug-likeness (QED) is 0.744. The molecular formula is C12H22N2O3. The van der Waals surface area contributed by atoms with Crippen LogP contribution in [0.2, 0.25) is 0 Å². The molecule has 1 aliphatic carbocycles. The molecule has 1 aliphatic rings. The third kappa shape index (κ3) is 4.63. The highest BCUT2D eigenvalue weighted by Gasteiger charge is 2.23. The number of aliphatic carboxylic acids is 1. The fourth-order valence-electron chi connectivity index (χ4n) is 1.96. The van der Waals surface area contributed by atoms with Gasteiger partial charge in [-0.1, -0.05) is 6.42 Å². The van der Waals surface area contributed by atoms with Gasteiger partial charge in [-0.05, 0) is 32.6 Å². The molecule has 0 bridgehead atoms. The van der Waals surface area contributed by atoms with Crippen LogP contribution >= 0.6 is 0 Å². The second-order valence-electron chi connectivity index (χ2n) is 4.78. The van der Waals surface area contributed by atoms with Gasteiger partial charge in [0.25, 0.3) is 0 Å². The molecule has 0 aromatic carbocycles. The van der Waals surface area contributed by atoms with Gasteiger partial charge < -0.3 is 15.3 Å². The molecule has 5 heteroatoms. The fourth-order valence-corrected chi connectivity index (χ4v) is 1.96. The first kappa shape index (κ1) is 13.8. The summed E-state index contributed by atoms with van der Waals surface area (Å²) in [7, 11) is 0. The summed E-state index contributed by atoms with van der Waals surface area (Å²) in [5.74, 6) is -0.254. The molecular weight excluding hydrogens is 220 g/mol. The Morgan fingerprint density at radius 3 is 2.53 bits per heavy atom.